The van der Waals surface area contributed by atoms with E-state index in [0.29, 0.717) is 17.6 Å². The number of carbonyl (C=O) groups excluding carboxylic acids is 3. The zero-order valence-electron chi connectivity index (χ0n) is 15.1. The van der Waals surface area contributed by atoms with Gasteiger partial charge in [-0.15, -0.1) is 0 Å². The first-order valence-corrected chi connectivity index (χ1v) is 8.62. The van der Waals surface area contributed by atoms with E-state index in [1.165, 1.54) is 0 Å². The van der Waals surface area contributed by atoms with E-state index in [1.54, 1.807) is 26.0 Å². The molecule has 0 aromatic rings. The summed E-state index contributed by atoms with van der Waals surface area (Å²) in [6, 6.07) is 0. The number of ether oxygens (including phenoxy) is 3. The maximum Gasteiger partial charge on any atom is 0.334 e. The molecular weight excluding hydrogens is 336 g/mol. The first-order valence-electron chi connectivity index (χ1n) is 8.62. The van der Waals surface area contributed by atoms with Crippen LogP contribution in [0.5, 0.6) is 0 Å². The van der Waals surface area contributed by atoms with Gasteiger partial charge < -0.3 is 14.2 Å². The fraction of sp³-hybridized carbons (Fsp3) is 0.450. The molecule has 0 saturated carbocycles. The second kappa shape index (κ2) is 6.94. The first kappa shape index (κ1) is 18.2. The summed E-state index contributed by atoms with van der Waals surface area (Å²) in [4.78, 5) is 36.6. The Morgan fingerprint density at radius 2 is 1.96 bits per heavy atom. The minimum absolute atomic E-state index is 0.155. The Hall–Kier alpha value is -2.63. The van der Waals surface area contributed by atoms with Crippen LogP contribution < -0.4 is 0 Å². The van der Waals surface area contributed by atoms with E-state index in [9.17, 15) is 14.4 Å². The number of fused-ring (bicyclic) bond motifs is 2. The van der Waals surface area contributed by atoms with Crippen molar-refractivity contribution >= 4 is 17.9 Å². The SMILES string of the molecule is C=C1C(=O)O[C@@H]2/C=C(\C)C[C@@H]3C=C(C[C@H](OC(=O)/C(C)=C\C)[C@@H]12)C(=O)O3. The van der Waals surface area contributed by atoms with E-state index < -0.39 is 36.0 Å². The fourth-order valence-corrected chi connectivity index (χ4v) is 3.44. The van der Waals surface area contributed by atoms with Gasteiger partial charge in [0.2, 0.25) is 0 Å². The standard InChI is InChI=1S/C20H22O6/c1-5-11(3)18(21)25-16-9-13-8-14(24-20(13)23)6-10(2)7-15-17(16)12(4)19(22)26-15/h5,7-8,14-17H,4,6,9H2,1-3H3/b10-7+,11-5-/t14-,15-,16+,17+/m1/s1. The Bertz CT molecular complexity index is 769. The van der Waals surface area contributed by atoms with Gasteiger partial charge >= 0.3 is 17.9 Å². The Kier molecular flexibility index (Phi) is 4.85. The summed E-state index contributed by atoms with van der Waals surface area (Å²) in [5, 5.41) is 0. The van der Waals surface area contributed by atoms with Crippen molar-refractivity contribution in [2.45, 2.75) is 51.9 Å². The summed E-state index contributed by atoms with van der Waals surface area (Å²) in [6.45, 7) is 9.10. The lowest BCUT2D eigenvalue weighted by molar-refractivity contribution is -0.148. The van der Waals surface area contributed by atoms with E-state index in [0.717, 1.165) is 5.57 Å². The molecule has 2 heterocycles. The highest BCUT2D eigenvalue weighted by Gasteiger charge is 2.46. The molecule has 0 spiro atoms. The molecule has 138 valence electrons. The third-order valence-corrected chi connectivity index (χ3v) is 4.98. The maximum absolute atomic E-state index is 12.3. The third-order valence-electron chi connectivity index (χ3n) is 4.98. The normalized spacial score (nSPS) is 33.5. The van der Waals surface area contributed by atoms with Gasteiger partial charge in [0.25, 0.3) is 0 Å². The number of hydrogen-bond acceptors (Lipinski definition) is 6. The first-order chi connectivity index (χ1) is 12.3. The van der Waals surface area contributed by atoms with E-state index in [1.807, 2.05) is 13.0 Å². The lowest BCUT2D eigenvalue weighted by Crippen LogP contribution is -2.34. The van der Waals surface area contributed by atoms with Crippen molar-refractivity contribution in [2.24, 2.45) is 5.92 Å². The lowest BCUT2D eigenvalue weighted by atomic mass is 9.85. The van der Waals surface area contributed by atoms with Gasteiger partial charge in [0.15, 0.2) is 0 Å². The number of carbonyl (C=O) groups is 3. The van der Waals surface area contributed by atoms with Gasteiger partial charge in [0.05, 0.1) is 5.92 Å². The molecule has 0 N–H and O–H groups in total. The molecule has 1 aliphatic carbocycles. The summed E-state index contributed by atoms with van der Waals surface area (Å²) >= 11 is 0. The molecule has 1 fully saturated rings. The molecule has 0 aromatic carbocycles. The summed E-state index contributed by atoms with van der Waals surface area (Å²) < 4.78 is 16.5. The topological polar surface area (TPSA) is 78.9 Å². The highest BCUT2D eigenvalue weighted by Crippen LogP contribution is 2.38. The minimum atomic E-state index is -0.749. The average Bonchev–Trinajstić information content (AvgIpc) is 3.04. The van der Waals surface area contributed by atoms with E-state index >= 15 is 0 Å². The van der Waals surface area contributed by atoms with Crippen LogP contribution in [0.2, 0.25) is 0 Å². The second-order valence-electron chi connectivity index (χ2n) is 6.89. The second-order valence-corrected chi connectivity index (χ2v) is 6.89. The maximum atomic E-state index is 12.3. The van der Waals surface area contributed by atoms with Crippen LogP contribution in [-0.2, 0) is 28.6 Å². The number of esters is 3. The molecule has 6 heteroatoms. The molecule has 26 heavy (non-hydrogen) atoms. The van der Waals surface area contributed by atoms with E-state index in [4.69, 9.17) is 14.2 Å². The van der Waals surface area contributed by atoms with Crippen LogP contribution in [0.3, 0.4) is 0 Å². The van der Waals surface area contributed by atoms with Gasteiger partial charge in [-0.05, 0) is 32.9 Å². The van der Waals surface area contributed by atoms with Crippen molar-refractivity contribution in [1.82, 2.24) is 0 Å². The molecule has 1 saturated heterocycles. The fourth-order valence-electron chi connectivity index (χ4n) is 3.44. The van der Waals surface area contributed by atoms with Crippen LogP contribution in [0.25, 0.3) is 0 Å². The van der Waals surface area contributed by atoms with Gasteiger partial charge in [-0.1, -0.05) is 18.2 Å². The van der Waals surface area contributed by atoms with Crippen LogP contribution in [-0.4, -0.2) is 36.2 Å². The van der Waals surface area contributed by atoms with Crippen molar-refractivity contribution in [3.05, 3.63) is 47.1 Å². The molecule has 0 aromatic heterocycles. The van der Waals surface area contributed by atoms with Crippen LogP contribution in [0.1, 0.15) is 33.6 Å². The van der Waals surface area contributed by atoms with Crippen LogP contribution >= 0.6 is 0 Å². The van der Waals surface area contributed by atoms with Crippen molar-refractivity contribution in [3.8, 4) is 0 Å². The summed E-state index contributed by atoms with van der Waals surface area (Å²) in [7, 11) is 0. The zero-order valence-corrected chi connectivity index (χ0v) is 15.1. The van der Waals surface area contributed by atoms with E-state index in [-0.39, 0.29) is 18.1 Å². The van der Waals surface area contributed by atoms with Crippen LogP contribution in [0.4, 0.5) is 0 Å². The van der Waals surface area contributed by atoms with Gasteiger partial charge in [-0.2, -0.15) is 0 Å². The zero-order chi connectivity index (χ0) is 19.0. The number of hydrogen-bond donors (Lipinski definition) is 0. The molecule has 0 radical (unpaired) electrons. The molecule has 6 nitrogen and oxygen atoms in total. The molecule has 3 aliphatic rings. The Labute approximate surface area is 152 Å². The highest BCUT2D eigenvalue weighted by atomic mass is 16.6. The number of rotatable bonds is 2. The molecule has 2 bridgehead atoms. The third kappa shape index (κ3) is 3.36. The highest BCUT2D eigenvalue weighted by molar-refractivity contribution is 5.93. The van der Waals surface area contributed by atoms with Crippen LogP contribution in [0, 0.1) is 5.92 Å². The Balaban J connectivity index is 2.00. The molecule has 0 amide bonds. The minimum Gasteiger partial charge on any atom is -0.458 e. The quantitative estimate of drug-likeness (QED) is 0.327. The summed E-state index contributed by atoms with van der Waals surface area (Å²) in [6.07, 6.45) is 4.26. The molecule has 3 rings (SSSR count). The van der Waals surface area contributed by atoms with Crippen molar-refractivity contribution in [2.75, 3.05) is 0 Å². The average molecular weight is 358 g/mol. The number of allylic oxidation sites excluding steroid dienone is 1. The van der Waals surface area contributed by atoms with Crippen molar-refractivity contribution in [3.63, 3.8) is 0 Å². The van der Waals surface area contributed by atoms with Crippen LogP contribution in [0.15, 0.2) is 47.1 Å². The lowest BCUT2D eigenvalue weighted by Gasteiger charge is -2.26. The predicted octanol–water partition coefficient (Wildman–Crippen LogP) is 2.55. The Morgan fingerprint density at radius 3 is 2.65 bits per heavy atom. The van der Waals surface area contributed by atoms with Gasteiger partial charge in [0.1, 0.15) is 18.3 Å². The molecule has 4 atom stereocenters. The van der Waals surface area contributed by atoms with Gasteiger partial charge in [-0.25, -0.2) is 14.4 Å². The molecule has 0 unspecified atom stereocenters. The van der Waals surface area contributed by atoms with Crippen molar-refractivity contribution in [1.29, 1.82) is 0 Å². The Morgan fingerprint density at radius 1 is 1.23 bits per heavy atom. The molecular formula is C20H22O6. The molecule has 2 aliphatic heterocycles. The predicted molar refractivity (Wildman–Crippen MR) is 92.8 cm³/mol. The summed E-state index contributed by atoms with van der Waals surface area (Å²) in [5.74, 6) is -1.96. The summed E-state index contributed by atoms with van der Waals surface area (Å²) in [5.41, 5.74) is 2.07. The van der Waals surface area contributed by atoms with Gasteiger partial charge in [0, 0.05) is 29.6 Å². The smallest absolute Gasteiger partial charge is 0.334 e. The largest absolute Gasteiger partial charge is 0.458 e. The van der Waals surface area contributed by atoms with Gasteiger partial charge in [-0.3, -0.25) is 0 Å². The van der Waals surface area contributed by atoms with E-state index in [2.05, 4.69) is 6.58 Å². The van der Waals surface area contributed by atoms with Crippen molar-refractivity contribution < 1.29 is 28.6 Å². The monoisotopic (exact) mass is 358 g/mol.